The highest BCUT2D eigenvalue weighted by molar-refractivity contribution is 4.99. The fourth-order valence-electron chi connectivity index (χ4n) is 3.74. The number of aromatic nitrogens is 3. The van der Waals surface area contributed by atoms with Crippen molar-refractivity contribution in [2.75, 3.05) is 13.2 Å². The Morgan fingerprint density at radius 3 is 2.80 bits per heavy atom. The normalized spacial score (nSPS) is 29.7. The van der Waals surface area contributed by atoms with Gasteiger partial charge in [-0.05, 0) is 25.7 Å². The minimum Gasteiger partial charge on any atom is -0.348 e. The summed E-state index contributed by atoms with van der Waals surface area (Å²) in [5, 5.41) is 8.06. The van der Waals surface area contributed by atoms with Gasteiger partial charge in [0, 0.05) is 25.4 Å². The van der Waals surface area contributed by atoms with Crippen molar-refractivity contribution in [2.24, 2.45) is 0 Å². The first-order valence-electron chi connectivity index (χ1n) is 7.76. The third-order valence-corrected chi connectivity index (χ3v) is 4.82. The fourth-order valence-corrected chi connectivity index (χ4v) is 3.74. The summed E-state index contributed by atoms with van der Waals surface area (Å²) in [4.78, 5) is 4.41. The van der Waals surface area contributed by atoms with E-state index in [0.717, 1.165) is 57.7 Å². The molecule has 6 nitrogen and oxygen atoms in total. The van der Waals surface area contributed by atoms with Crippen LogP contribution in [0.1, 0.15) is 50.4 Å². The summed E-state index contributed by atoms with van der Waals surface area (Å²) in [6.45, 7) is 2.51. The number of nitrogens with one attached hydrogen (secondary N) is 1. The molecular formula is C14H22N4O2. The Balaban J connectivity index is 1.37. The lowest BCUT2D eigenvalue weighted by atomic mass is 9.89. The van der Waals surface area contributed by atoms with Crippen LogP contribution < -0.4 is 5.32 Å². The maximum Gasteiger partial charge on any atom is 0.168 e. The molecule has 0 amide bonds. The Bertz CT molecular complexity index is 459. The van der Waals surface area contributed by atoms with Crippen molar-refractivity contribution < 1.29 is 9.47 Å². The van der Waals surface area contributed by atoms with Gasteiger partial charge in [0.05, 0.1) is 19.3 Å². The molecule has 0 radical (unpaired) electrons. The number of aryl methyl sites for hydroxylation is 1. The van der Waals surface area contributed by atoms with Gasteiger partial charge in [0.15, 0.2) is 5.79 Å². The van der Waals surface area contributed by atoms with Crippen LogP contribution >= 0.6 is 0 Å². The number of hydrogen-bond acceptors (Lipinski definition) is 5. The first-order chi connectivity index (χ1) is 9.85. The van der Waals surface area contributed by atoms with Crippen LogP contribution in [0.2, 0.25) is 0 Å². The van der Waals surface area contributed by atoms with Crippen LogP contribution in [0.15, 0.2) is 6.33 Å². The van der Waals surface area contributed by atoms with Crippen molar-refractivity contribution in [3.8, 4) is 0 Å². The summed E-state index contributed by atoms with van der Waals surface area (Å²) in [7, 11) is 0. The second kappa shape index (κ2) is 5.09. The van der Waals surface area contributed by atoms with E-state index >= 15 is 0 Å². The average Bonchev–Trinajstić information content (AvgIpc) is 3.12. The average molecular weight is 278 g/mol. The molecule has 2 aliphatic heterocycles. The number of fused-ring (bicyclic) bond motifs is 1. The zero-order chi connectivity index (χ0) is 13.4. The van der Waals surface area contributed by atoms with Gasteiger partial charge in [-0.3, -0.25) is 0 Å². The van der Waals surface area contributed by atoms with Crippen molar-refractivity contribution in [1.82, 2.24) is 20.1 Å². The van der Waals surface area contributed by atoms with Gasteiger partial charge in [0.25, 0.3) is 0 Å². The van der Waals surface area contributed by atoms with Crippen molar-refractivity contribution in [1.29, 1.82) is 0 Å². The minimum atomic E-state index is -0.259. The Hall–Kier alpha value is -0.980. The zero-order valence-corrected chi connectivity index (χ0v) is 11.8. The van der Waals surface area contributed by atoms with Crippen molar-refractivity contribution >= 4 is 0 Å². The molecule has 4 rings (SSSR count). The van der Waals surface area contributed by atoms with Crippen molar-refractivity contribution in [3.63, 3.8) is 0 Å². The summed E-state index contributed by atoms with van der Waals surface area (Å²) in [5.74, 6) is 0.843. The predicted octanol–water partition coefficient (Wildman–Crippen LogP) is 1.39. The zero-order valence-electron chi connectivity index (χ0n) is 11.8. The molecule has 1 saturated heterocycles. The monoisotopic (exact) mass is 278 g/mol. The van der Waals surface area contributed by atoms with Crippen LogP contribution in [0, 0.1) is 0 Å². The smallest absolute Gasteiger partial charge is 0.168 e. The van der Waals surface area contributed by atoms with Crippen LogP contribution in [-0.2, 0) is 16.0 Å². The van der Waals surface area contributed by atoms with E-state index in [2.05, 4.69) is 15.4 Å². The second-order valence-electron chi connectivity index (χ2n) is 6.08. The first-order valence-corrected chi connectivity index (χ1v) is 7.76. The summed E-state index contributed by atoms with van der Waals surface area (Å²) >= 11 is 0. The summed E-state index contributed by atoms with van der Waals surface area (Å²) in [6.07, 6.45) is 8.25. The van der Waals surface area contributed by atoms with E-state index in [1.165, 1.54) is 6.42 Å². The van der Waals surface area contributed by atoms with Gasteiger partial charge >= 0.3 is 0 Å². The lowest BCUT2D eigenvalue weighted by molar-refractivity contribution is -0.179. The lowest BCUT2D eigenvalue weighted by Crippen LogP contribution is -2.44. The molecule has 1 atom stereocenters. The Kier molecular flexibility index (Phi) is 3.24. The molecule has 0 bridgehead atoms. The molecule has 3 aliphatic rings. The molecule has 6 heteroatoms. The summed E-state index contributed by atoms with van der Waals surface area (Å²) in [6, 6.07) is 0.900. The number of rotatable bonds is 2. The van der Waals surface area contributed by atoms with E-state index in [1.54, 1.807) is 6.33 Å². The van der Waals surface area contributed by atoms with E-state index in [-0.39, 0.29) is 5.79 Å². The SMILES string of the molecule is c1nc2n(n1)CCC[C@H]2NC1CCC2(CC1)OCCO2. The molecule has 3 heterocycles. The maximum absolute atomic E-state index is 5.79. The lowest BCUT2D eigenvalue weighted by Gasteiger charge is -2.37. The van der Waals surface area contributed by atoms with Gasteiger partial charge in [-0.1, -0.05) is 0 Å². The van der Waals surface area contributed by atoms with E-state index in [9.17, 15) is 0 Å². The van der Waals surface area contributed by atoms with E-state index in [1.807, 2.05) is 4.68 Å². The quantitative estimate of drug-likeness (QED) is 0.886. The molecule has 0 unspecified atom stereocenters. The third-order valence-electron chi connectivity index (χ3n) is 4.82. The highest BCUT2D eigenvalue weighted by Gasteiger charge is 2.40. The van der Waals surface area contributed by atoms with Gasteiger partial charge in [0.2, 0.25) is 0 Å². The number of nitrogens with zero attached hydrogens (tertiary/aromatic N) is 3. The largest absolute Gasteiger partial charge is 0.348 e. The van der Waals surface area contributed by atoms with Crippen LogP contribution in [-0.4, -0.2) is 39.8 Å². The molecule has 2 fully saturated rings. The molecule has 1 saturated carbocycles. The Morgan fingerprint density at radius 1 is 1.20 bits per heavy atom. The topological polar surface area (TPSA) is 61.2 Å². The minimum absolute atomic E-state index is 0.259. The molecule has 1 aliphatic carbocycles. The van der Waals surface area contributed by atoms with E-state index in [0.29, 0.717) is 12.1 Å². The Labute approximate surface area is 118 Å². The molecule has 1 aromatic rings. The third kappa shape index (κ3) is 2.25. The molecule has 1 aromatic heterocycles. The van der Waals surface area contributed by atoms with Crippen LogP contribution in [0.4, 0.5) is 0 Å². The first kappa shape index (κ1) is 12.7. The van der Waals surface area contributed by atoms with Gasteiger partial charge in [-0.25, -0.2) is 9.67 Å². The molecule has 110 valence electrons. The standard InChI is InChI=1S/C14H22N4O2/c1-2-12(13-15-10-16-18(13)7-1)17-11-3-5-14(6-4-11)19-8-9-20-14/h10-12,17H,1-9H2/t12-/m1/s1. The van der Waals surface area contributed by atoms with Gasteiger partial charge < -0.3 is 14.8 Å². The van der Waals surface area contributed by atoms with Gasteiger partial charge in [0.1, 0.15) is 12.2 Å². The van der Waals surface area contributed by atoms with Crippen LogP contribution in [0.3, 0.4) is 0 Å². The highest BCUT2D eigenvalue weighted by atomic mass is 16.7. The number of hydrogen-bond donors (Lipinski definition) is 1. The maximum atomic E-state index is 5.79. The van der Waals surface area contributed by atoms with E-state index < -0.39 is 0 Å². The number of ether oxygens (including phenoxy) is 2. The fraction of sp³-hybridized carbons (Fsp3) is 0.857. The van der Waals surface area contributed by atoms with E-state index in [4.69, 9.17) is 9.47 Å². The predicted molar refractivity (Wildman–Crippen MR) is 72.0 cm³/mol. The highest BCUT2D eigenvalue weighted by Crippen LogP contribution is 2.36. The second-order valence-corrected chi connectivity index (χ2v) is 6.08. The summed E-state index contributed by atoms with van der Waals surface area (Å²) in [5.41, 5.74) is 0. The molecule has 1 N–H and O–H groups in total. The van der Waals surface area contributed by atoms with Gasteiger partial charge in [-0.15, -0.1) is 0 Å². The molecule has 0 aromatic carbocycles. The van der Waals surface area contributed by atoms with Gasteiger partial charge in [-0.2, -0.15) is 5.10 Å². The molecule has 1 spiro atoms. The Morgan fingerprint density at radius 2 is 2.00 bits per heavy atom. The molecular weight excluding hydrogens is 256 g/mol. The van der Waals surface area contributed by atoms with Crippen LogP contribution in [0.5, 0.6) is 0 Å². The van der Waals surface area contributed by atoms with Crippen molar-refractivity contribution in [3.05, 3.63) is 12.2 Å². The molecule has 20 heavy (non-hydrogen) atoms. The summed E-state index contributed by atoms with van der Waals surface area (Å²) < 4.78 is 13.6. The van der Waals surface area contributed by atoms with Crippen molar-refractivity contribution in [2.45, 2.75) is 62.9 Å². The van der Waals surface area contributed by atoms with Crippen LogP contribution in [0.25, 0.3) is 0 Å².